The van der Waals surface area contributed by atoms with E-state index in [0.717, 1.165) is 5.56 Å². The number of rotatable bonds is 2. The number of halogens is 1. The maximum Gasteiger partial charge on any atom is 0.257 e. The lowest BCUT2D eigenvalue weighted by atomic mass is 10.1. The third-order valence-corrected chi connectivity index (χ3v) is 2.87. The molecule has 0 aliphatic rings. The van der Waals surface area contributed by atoms with Crippen molar-refractivity contribution in [3.8, 4) is 0 Å². The quantitative estimate of drug-likeness (QED) is 0.812. The van der Waals surface area contributed by atoms with E-state index in [1.54, 1.807) is 25.1 Å². The second-order valence-corrected chi connectivity index (χ2v) is 4.51. The molecular weight excluding hydrogens is 243 g/mol. The first kappa shape index (κ1) is 13.1. The molecule has 0 aliphatic heterocycles. The highest BCUT2D eigenvalue weighted by molar-refractivity contribution is 6.07. The van der Waals surface area contributed by atoms with Crippen molar-refractivity contribution in [1.82, 2.24) is 0 Å². The summed E-state index contributed by atoms with van der Waals surface area (Å²) in [4.78, 5) is 12.1. The van der Waals surface area contributed by atoms with E-state index in [1.807, 2.05) is 13.0 Å². The number of nitrogens with two attached hydrogens (primary N) is 1. The molecule has 0 fully saturated rings. The normalized spacial score (nSPS) is 10.3. The van der Waals surface area contributed by atoms with E-state index in [2.05, 4.69) is 5.32 Å². The van der Waals surface area contributed by atoms with Gasteiger partial charge in [-0.15, -0.1) is 0 Å². The van der Waals surface area contributed by atoms with Gasteiger partial charge in [0.05, 0.1) is 5.56 Å². The third-order valence-electron chi connectivity index (χ3n) is 2.87. The van der Waals surface area contributed by atoms with Crippen molar-refractivity contribution in [2.75, 3.05) is 11.1 Å². The number of hydrogen-bond donors (Lipinski definition) is 2. The minimum Gasteiger partial charge on any atom is -0.398 e. The molecule has 0 saturated heterocycles. The highest BCUT2D eigenvalue weighted by Gasteiger charge is 2.10. The summed E-state index contributed by atoms with van der Waals surface area (Å²) in [6, 6.07) is 9.66. The van der Waals surface area contributed by atoms with Crippen molar-refractivity contribution in [1.29, 1.82) is 0 Å². The van der Waals surface area contributed by atoms with Crippen molar-refractivity contribution < 1.29 is 9.18 Å². The number of benzene rings is 2. The van der Waals surface area contributed by atoms with Crippen LogP contribution >= 0.6 is 0 Å². The number of anilines is 2. The smallest absolute Gasteiger partial charge is 0.257 e. The zero-order chi connectivity index (χ0) is 14.0. The minimum absolute atomic E-state index is 0.298. The Kier molecular flexibility index (Phi) is 3.51. The lowest BCUT2D eigenvalue weighted by Crippen LogP contribution is -2.14. The predicted molar refractivity (Wildman–Crippen MR) is 74.7 cm³/mol. The number of aryl methyl sites for hydroxylation is 2. The fourth-order valence-electron chi connectivity index (χ4n) is 1.81. The Hall–Kier alpha value is -2.36. The van der Waals surface area contributed by atoms with E-state index in [4.69, 9.17) is 5.73 Å². The van der Waals surface area contributed by atoms with Crippen LogP contribution in [0.4, 0.5) is 15.8 Å². The summed E-state index contributed by atoms with van der Waals surface area (Å²) in [7, 11) is 0. The Labute approximate surface area is 111 Å². The van der Waals surface area contributed by atoms with Gasteiger partial charge in [0.2, 0.25) is 0 Å². The molecule has 0 heterocycles. The molecular formula is C15H15FN2O. The number of carbonyl (C=O) groups is 1. The van der Waals surface area contributed by atoms with Gasteiger partial charge in [0.25, 0.3) is 5.91 Å². The van der Waals surface area contributed by atoms with Crippen molar-refractivity contribution in [3.63, 3.8) is 0 Å². The molecule has 2 rings (SSSR count). The Morgan fingerprint density at radius 1 is 1.16 bits per heavy atom. The summed E-state index contributed by atoms with van der Waals surface area (Å²) in [5, 5.41) is 2.70. The maximum absolute atomic E-state index is 13.1. The standard InChI is InChI=1S/C15H15FN2O/c1-9-3-5-12(14(17)7-9)15(19)18-11-4-6-13(16)10(2)8-11/h3-8H,17H2,1-2H3,(H,18,19). The second-order valence-electron chi connectivity index (χ2n) is 4.51. The molecule has 0 aromatic heterocycles. The van der Waals surface area contributed by atoms with Crippen molar-refractivity contribution in [2.45, 2.75) is 13.8 Å². The topological polar surface area (TPSA) is 55.1 Å². The predicted octanol–water partition coefficient (Wildman–Crippen LogP) is 3.28. The van der Waals surface area contributed by atoms with Crippen molar-refractivity contribution in [2.24, 2.45) is 0 Å². The third kappa shape index (κ3) is 2.91. The molecule has 0 aliphatic carbocycles. The Morgan fingerprint density at radius 2 is 1.89 bits per heavy atom. The van der Waals surface area contributed by atoms with E-state index < -0.39 is 0 Å². The van der Waals surface area contributed by atoms with Crippen LogP contribution in [0.5, 0.6) is 0 Å². The largest absolute Gasteiger partial charge is 0.398 e. The molecule has 0 bridgehead atoms. The van der Waals surface area contributed by atoms with Gasteiger partial charge in [0.15, 0.2) is 0 Å². The first-order valence-electron chi connectivity index (χ1n) is 5.91. The number of amides is 1. The van der Waals surface area contributed by atoms with E-state index in [9.17, 15) is 9.18 Å². The average molecular weight is 258 g/mol. The lowest BCUT2D eigenvalue weighted by Gasteiger charge is -2.09. The van der Waals surface area contributed by atoms with Crippen LogP contribution in [0.15, 0.2) is 36.4 Å². The average Bonchev–Trinajstić information content (AvgIpc) is 2.33. The fraction of sp³-hybridized carbons (Fsp3) is 0.133. The number of nitrogen functional groups attached to an aromatic ring is 1. The molecule has 0 unspecified atom stereocenters. The van der Waals surface area contributed by atoms with E-state index in [-0.39, 0.29) is 11.7 Å². The molecule has 3 N–H and O–H groups in total. The highest BCUT2D eigenvalue weighted by atomic mass is 19.1. The minimum atomic E-state index is -0.302. The zero-order valence-corrected chi connectivity index (χ0v) is 10.8. The van der Waals surface area contributed by atoms with Gasteiger partial charge in [0, 0.05) is 11.4 Å². The van der Waals surface area contributed by atoms with E-state index in [1.165, 1.54) is 12.1 Å². The van der Waals surface area contributed by atoms with Crippen molar-refractivity contribution in [3.05, 3.63) is 58.9 Å². The molecule has 19 heavy (non-hydrogen) atoms. The molecule has 0 atom stereocenters. The van der Waals surface area contributed by atoms with Crippen LogP contribution in [0.1, 0.15) is 21.5 Å². The molecule has 0 spiro atoms. The lowest BCUT2D eigenvalue weighted by molar-refractivity contribution is 0.102. The van der Waals surface area contributed by atoms with Crippen LogP contribution < -0.4 is 11.1 Å². The highest BCUT2D eigenvalue weighted by Crippen LogP contribution is 2.18. The van der Waals surface area contributed by atoms with Gasteiger partial charge in [-0.3, -0.25) is 4.79 Å². The molecule has 3 nitrogen and oxygen atoms in total. The van der Waals surface area contributed by atoms with Gasteiger partial charge in [-0.25, -0.2) is 4.39 Å². The van der Waals surface area contributed by atoms with Gasteiger partial charge < -0.3 is 11.1 Å². The number of nitrogens with one attached hydrogen (secondary N) is 1. The summed E-state index contributed by atoms with van der Waals surface area (Å²) < 4.78 is 13.1. The zero-order valence-electron chi connectivity index (χ0n) is 10.8. The van der Waals surface area contributed by atoms with Crippen LogP contribution in [0.3, 0.4) is 0 Å². The van der Waals surface area contributed by atoms with E-state index in [0.29, 0.717) is 22.5 Å². The van der Waals surface area contributed by atoms with Gasteiger partial charge in [0.1, 0.15) is 5.82 Å². The van der Waals surface area contributed by atoms with Crippen LogP contribution in [0, 0.1) is 19.7 Å². The van der Waals surface area contributed by atoms with Crippen molar-refractivity contribution >= 4 is 17.3 Å². The maximum atomic E-state index is 13.1. The Balaban J connectivity index is 2.23. The van der Waals surface area contributed by atoms with Gasteiger partial charge >= 0.3 is 0 Å². The van der Waals surface area contributed by atoms with E-state index >= 15 is 0 Å². The van der Waals surface area contributed by atoms with Crippen LogP contribution in [0.2, 0.25) is 0 Å². The Morgan fingerprint density at radius 3 is 2.53 bits per heavy atom. The monoisotopic (exact) mass is 258 g/mol. The summed E-state index contributed by atoms with van der Waals surface area (Å²) in [6.07, 6.45) is 0. The fourth-order valence-corrected chi connectivity index (χ4v) is 1.81. The first-order valence-corrected chi connectivity index (χ1v) is 5.91. The van der Waals surface area contributed by atoms with Crippen LogP contribution in [-0.4, -0.2) is 5.91 Å². The molecule has 2 aromatic rings. The SMILES string of the molecule is Cc1ccc(C(=O)Nc2ccc(F)c(C)c2)c(N)c1. The van der Waals surface area contributed by atoms with Gasteiger partial charge in [-0.2, -0.15) is 0 Å². The van der Waals surface area contributed by atoms with Gasteiger partial charge in [-0.1, -0.05) is 6.07 Å². The van der Waals surface area contributed by atoms with Gasteiger partial charge in [-0.05, 0) is 55.3 Å². The first-order chi connectivity index (χ1) is 8.97. The van der Waals surface area contributed by atoms with Crippen LogP contribution in [-0.2, 0) is 0 Å². The molecule has 0 radical (unpaired) electrons. The molecule has 4 heteroatoms. The summed E-state index contributed by atoms with van der Waals surface area (Å²) in [6.45, 7) is 3.55. The Bertz CT molecular complexity index is 638. The summed E-state index contributed by atoms with van der Waals surface area (Å²) >= 11 is 0. The summed E-state index contributed by atoms with van der Waals surface area (Å²) in [5.41, 5.74) is 8.66. The second kappa shape index (κ2) is 5.10. The number of carbonyl (C=O) groups excluding carboxylic acids is 1. The molecule has 98 valence electrons. The summed E-state index contributed by atoms with van der Waals surface area (Å²) in [5.74, 6) is -0.601. The van der Waals surface area contributed by atoms with Crippen LogP contribution in [0.25, 0.3) is 0 Å². The molecule has 0 saturated carbocycles. The number of hydrogen-bond acceptors (Lipinski definition) is 2. The molecule has 2 aromatic carbocycles. The molecule has 1 amide bonds.